The first-order valence-electron chi connectivity index (χ1n) is 8.07. The molecule has 0 fully saturated rings. The van der Waals surface area contributed by atoms with Gasteiger partial charge in [0.1, 0.15) is 10.8 Å². The molecule has 0 aliphatic rings. The van der Waals surface area contributed by atoms with E-state index in [-0.39, 0.29) is 11.7 Å². The van der Waals surface area contributed by atoms with Gasteiger partial charge in [-0.15, -0.1) is 11.8 Å². The maximum absolute atomic E-state index is 13.2. The van der Waals surface area contributed by atoms with Crippen LogP contribution in [0, 0.1) is 12.7 Å². The minimum absolute atomic E-state index is 0.241. The SMILES string of the molecule is CSc1nc(-c2ccco2)nc(C)c1C(=O)NCCc1cccc(F)c1. The third kappa shape index (κ3) is 4.11. The van der Waals surface area contributed by atoms with Gasteiger partial charge in [-0.2, -0.15) is 0 Å². The molecule has 0 aliphatic heterocycles. The lowest BCUT2D eigenvalue weighted by Gasteiger charge is -2.11. The molecule has 2 aromatic heterocycles. The molecular formula is C19H18FN3O2S. The lowest BCUT2D eigenvalue weighted by atomic mass is 10.1. The predicted molar refractivity (Wildman–Crippen MR) is 98.7 cm³/mol. The number of furan rings is 1. The molecule has 3 aromatic rings. The highest BCUT2D eigenvalue weighted by molar-refractivity contribution is 7.98. The van der Waals surface area contributed by atoms with Crippen molar-refractivity contribution in [2.75, 3.05) is 12.8 Å². The molecule has 26 heavy (non-hydrogen) atoms. The zero-order valence-corrected chi connectivity index (χ0v) is 15.3. The van der Waals surface area contributed by atoms with E-state index in [1.807, 2.05) is 12.3 Å². The summed E-state index contributed by atoms with van der Waals surface area (Å²) < 4.78 is 18.5. The Bertz CT molecular complexity index is 913. The number of nitrogens with zero attached hydrogens (tertiary/aromatic N) is 2. The molecule has 0 radical (unpaired) electrons. The number of nitrogens with one attached hydrogen (secondary N) is 1. The number of aryl methyl sites for hydroxylation is 1. The van der Waals surface area contributed by atoms with E-state index in [4.69, 9.17) is 4.42 Å². The van der Waals surface area contributed by atoms with E-state index in [2.05, 4.69) is 15.3 Å². The van der Waals surface area contributed by atoms with Crippen LogP contribution < -0.4 is 5.32 Å². The minimum atomic E-state index is -0.281. The second-order valence-corrected chi connectivity index (χ2v) is 6.42. The fourth-order valence-corrected chi connectivity index (χ4v) is 3.20. The summed E-state index contributed by atoms with van der Waals surface area (Å²) in [5.41, 5.74) is 1.86. The summed E-state index contributed by atoms with van der Waals surface area (Å²) in [6.45, 7) is 2.17. The number of rotatable bonds is 6. The molecule has 0 spiro atoms. The number of benzene rings is 1. The van der Waals surface area contributed by atoms with Gasteiger partial charge in [-0.05, 0) is 49.4 Å². The first-order valence-corrected chi connectivity index (χ1v) is 9.30. The van der Waals surface area contributed by atoms with Crippen LogP contribution in [0.25, 0.3) is 11.6 Å². The van der Waals surface area contributed by atoms with Crippen LogP contribution in [0.5, 0.6) is 0 Å². The first-order chi connectivity index (χ1) is 12.6. The molecule has 0 aliphatic carbocycles. The number of hydrogen-bond acceptors (Lipinski definition) is 5. The van der Waals surface area contributed by atoms with E-state index < -0.39 is 0 Å². The van der Waals surface area contributed by atoms with Crippen LogP contribution in [0.3, 0.4) is 0 Å². The summed E-state index contributed by atoms with van der Waals surface area (Å²) >= 11 is 1.38. The molecule has 1 amide bonds. The summed E-state index contributed by atoms with van der Waals surface area (Å²) in [6, 6.07) is 9.89. The van der Waals surface area contributed by atoms with Gasteiger partial charge in [-0.3, -0.25) is 4.79 Å². The minimum Gasteiger partial charge on any atom is -0.461 e. The van der Waals surface area contributed by atoms with E-state index in [9.17, 15) is 9.18 Å². The van der Waals surface area contributed by atoms with Crippen LogP contribution in [0.15, 0.2) is 52.1 Å². The Labute approximate surface area is 155 Å². The number of amides is 1. The van der Waals surface area contributed by atoms with Crippen molar-refractivity contribution in [1.82, 2.24) is 15.3 Å². The predicted octanol–water partition coefficient (Wildman–Crippen LogP) is 3.88. The summed E-state index contributed by atoms with van der Waals surface area (Å²) in [4.78, 5) is 21.4. The van der Waals surface area contributed by atoms with Crippen molar-refractivity contribution in [2.24, 2.45) is 0 Å². The zero-order valence-electron chi connectivity index (χ0n) is 14.5. The van der Waals surface area contributed by atoms with Gasteiger partial charge < -0.3 is 9.73 Å². The van der Waals surface area contributed by atoms with Crippen molar-refractivity contribution in [1.29, 1.82) is 0 Å². The topological polar surface area (TPSA) is 68.0 Å². The number of thioether (sulfide) groups is 1. The Hall–Kier alpha value is -2.67. The van der Waals surface area contributed by atoms with E-state index in [0.717, 1.165) is 5.56 Å². The van der Waals surface area contributed by atoms with Crippen LogP contribution in [0.1, 0.15) is 21.6 Å². The Morgan fingerprint density at radius 3 is 2.81 bits per heavy atom. The van der Waals surface area contributed by atoms with Crippen molar-refractivity contribution in [3.05, 3.63) is 65.3 Å². The van der Waals surface area contributed by atoms with Gasteiger partial charge in [0.2, 0.25) is 0 Å². The second kappa shape index (κ2) is 8.14. The number of hydrogen-bond donors (Lipinski definition) is 1. The highest BCUT2D eigenvalue weighted by atomic mass is 32.2. The average Bonchev–Trinajstić information content (AvgIpc) is 3.15. The van der Waals surface area contributed by atoms with Gasteiger partial charge >= 0.3 is 0 Å². The lowest BCUT2D eigenvalue weighted by Crippen LogP contribution is -2.27. The molecule has 5 nitrogen and oxygen atoms in total. The van der Waals surface area contributed by atoms with Crippen LogP contribution >= 0.6 is 11.8 Å². The maximum atomic E-state index is 13.2. The standard InChI is InChI=1S/C19H18FN3O2S/c1-12-16(18(24)21-9-8-13-5-3-6-14(20)11-13)19(26-2)23-17(22-12)15-7-4-10-25-15/h3-7,10-11H,8-9H2,1-2H3,(H,21,24). The van der Waals surface area contributed by atoms with E-state index in [1.54, 1.807) is 31.4 Å². The van der Waals surface area contributed by atoms with Gasteiger partial charge in [0.25, 0.3) is 5.91 Å². The summed E-state index contributed by atoms with van der Waals surface area (Å²) in [5.74, 6) is 0.486. The monoisotopic (exact) mass is 371 g/mol. The smallest absolute Gasteiger partial charge is 0.255 e. The molecule has 3 rings (SSSR count). The molecule has 0 saturated carbocycles. The Morgan fingerprint density at radius 1 is 1.27 bits per heavy atom. The number of carbonyl (C=O) groups is 1. The van der Waals surface area contributed by atoms with Crippen molar-refractivity contribution in [3.8, 4) is 11.6 Å². The zero-order chi connectivity index (χ0) is 18.5. The highest BCUT2D eigenvalue weighted by Gasteiger charge is 2.19. The maximum Gasteiger partial charge on any atom is 0.255 e. The van der Waals surface area contributed by atoms with E-state index >= 15 is 0 Å². The fourth-order valence-electron chi connectivity index (χ4n) is 2.57. The van der Waals surface area contributed by atoms with Crippen molar-refractivity contribution >= 4 is 17.7 Å². The van der Waals surface area contributed by atoms with Gasteiger partial charge in [0, 0.05) is 6.54 Å². The number of aromatic nitrogens is 2. The molecular weight excluding hydrogens is 353 g/mol. The molecule has 0 unspecified atom stereocenters. The summed E-state index contributed by atoms with van der Waals surface area (Å²) in [5, 5.41) is 3.45. The van der Waals surface area contributed by atoms with Crippen molar-refractivity contribution in [3.63, 3.8) is 0 Å². The molecule has 0 atom stereocenters. The van der Waals surface area contributed by atoms with Gasteiger partial charge in [-0.25, -0.2) is 14.4 Å². The summed E-state index contributed by atoms with van der Waals surface area (Å²) in [7, 11) is 0. The quantitative estimate of drug-likeness (QED) is 0.526. The van der Waals surface area contributed by atoms with Crippen LogP contribution in [0.2, 0.25) is 0 Å². The number of halogens is 1. The molecule has 134 valence electrons. The Morgan fingerprint density at radius 2 is 2.12 bits per heavy atom. The summed E-state index contributed by atoms with van der Waals surface area (Å²) in [6.07, 6.45) is 3.96. The number of carbonyl (C=O) groups excluding carboxylic acids is 1. The van der Waals surface area contributed by atoms with Gasteiger partial charge in [0.05, 0.1) is 17.5 Å². The van der Waals surface area contributed by atoms with Crippen molar-refractivity contribution in [2.45, 2.75) is 18.4 Å². The molecule has 0 bridgehead atoms. The molecule has 0 saturated heterocycles. The third-order valence-corrected chi connectivity index (χ3v) is 4.49. The van der Waals surface area contributed by atoms with Crippen LogP contribution in [-0.2, 0) is 6.42 Å². The first kappa shape index (κ1) is 18.1. The Balaban J connectivity index is 1.74. The van der Waals surface area contributed by atoms with E-state index in [1.165, 1.54) is 23.9 Å². The third-order valence-electron chi connectivity index (χ3n) is 3.81. The van der Waals surface area contributed by atoms with E-state index in [0.29, 0.717) is 40.8 Å². The lowest BCUT2D eigenvalue weighted by molar-refractivity contribution is 0.0949. The highest BCUT2D eigenvalue weighted by Crippen LogP contribution is 2.25. The molecule has 1 N–H and O–H groups in total. The second-order valence-electron chi connectivity index (χ2n) is 5.63. The largest absolute Gasteiger partial charge is 0.461 e. The molecule has 1 aromatic carbocycles. The van der Waals surface area contributed by atoms with Crippen LogP contribution in [0.4, 0.5) is 4.39 Å². The fraction of sp³-hybridized carbons (Fsp3) is 0.211. The van der Waals surface area contributed by atoms with Gasteiger partial charge in [-0.1, -0.05) is 12.1 Å². The molecule has 7 heteroatoms. The Kier molecular flexibility index (Phi) is 5.68. The van der Waals surface area contributed by atoms with Crippen LogP contribution in [-0.4, -0.2) is 28.7 Å². The van der Waals surface area contributed by atoms with Crippen molar-refractivity contribution < 1.29 is 13.6 Å². The normalized spacial score (nSPS) is 10.7. The average molecular weight is 371 g/mol. The van der Waals surface area contributed by atoms with Gasteiger partial charge in [0.15, 0.2) is 11.6 Å². The molecule has 2 heterocycles.